The van der Waals surface area contributed by atoms with E-state index in [1.807, 2.05) is 72.9 Å². The van der Waals surface area contributed by atoms with Crippen LogP contribution in [-0.4, -0.2) is 17.4 Å². The largest absolute Gasteiger partial charge is 0.385 e. The number of pyridine rings is 1. The van der Waals surface area contributed by atoms with Gasteiger partial charge in [0.1, 0.15) is 0 Å². The van der Waals surface area contributed by atoms with Crippen molar-refractivity contribution < 1.29 is 4.79 Å². The number of aryl methyl sites for hydroxylation is 1. The summed E-state index contributed by atoms with van der Waals surface area (Å²) in [6.45, 7) is 2.94. The maximum Gasteiger partial charge on any atom is 0.256 e. The van der Waals surface area contributed by atoms with E-state index >= 15 is 0 Å². The van der Waals surface area contributed by atoms with Crippen LogP contribution in [0.4, 0.5) is 11.4 Å². The Bertz CT molecular complexity index is 1150. The first kappa shape index (κ1) is 21.3. The highest BCUT2D eigenvalue weighted by molar-refractivity contribution is 6.08. The zero-order valence-corrected chi connectivity index (χ0v) is 18.2. The van der Waals surface area contributed by atoms with E-state index in [9.17, 15) is 4.79 Å². The number of aromatic nitrogens is 1. The Morgan fingerprint density at radius 1 is 0.812 bits per heavy atom. The molecule has 32 heavy (non-hydrogen) atoms. The molecular formula is C28H27N3O. The van der Waals surface area contributed by atoms with Crippen molar-refractivity contribution in [2.45, 2.75) is 19.8 Å². The van der Waals surface area contributed by atoms with Crippen LogP contribution in [0.2, 0.25) is 0 Å². The van der Waals surface area contributed by atoms with Crippen molar-refractivity contribution in [3.05, 3.63) is 114 Å². The fourth-order valence-corrected chi connectivity index (χ4v) is 3.60. The minimum absolute atomic E-state index is 0.115. The number of hydrogen-bond acceptors (Lipinski definition) is 3. The molecule has 2 N–H and O–H groups in total. The zero-order chi connectivity index (χ0) is 22.2. The molecule has 1 amide bonds. The highest BCUT2D eigenvalue weighted by Crippen LogP contribution is 2.25. The summed E-state index contributed by atoms with van der Waals surface area (Å²) in [5, 5.41) is 6.42. The number of hydrogen-bond donors (Lipinski definition) is 2. The van der Waals surface area contributed by atoms with Gasteiger partial charge in [0.2, 0.25) is 0 Å². The summed E-state index contributed by atoms with van der Waals surface area (Å²) < 4.78 is 0. The highest BCUT2D eigenvalue weighted by atomic mass is 16.1. The van der Waals surface area contributed by atoms with E-state index in [1.165, 1.54) is 5.56 Å². The molecule has 4 nitrogen and oxygen atoms in total. The van der Waals surface area contributed by atoms with Gasteiger partial charge in [-0.05, 0) is 65.6 Å². The molecule has 0 unspecified atom stereocenters. The number of carbonyl (C=O) groups is 1. The minimum Gasteiger partial charge on any atom is -0.385 e. The molecule has 0 bridgehead atoms. The third-order valence-electron chi connectivity index (χ3n) is 5.42. The average Bonchev–Trinajstić information content (AvgIpc) is 2.86. The molecule has 0 aliphatic heterocycles. The summed E-state index contributed by atoms with van der Waals surface area (Å²) in [5.74, 6) is -0.115. The minimum atomic E-state index is -0.115. The standard InChI is InChI=1S/C28H27N3O/c1-2-21-10-12-22(13-11-21)26-8-3-4-9-27(26)28(32)31-25-16-14-24(15-17-25)30-20-18-23-7-5-6-19-29-23/h3-17,19,30H,2,18,20H2,1H3,(H,31,32). The van der Waals surface area contributed by atoms with Crippen molar-refractivity contribution in [1.82, 2.24) is 4.98 Å². The Kier molecular flexibility index (Phi) is 6.93. The van der Waals surface area contributed by atoms with Crippen LogP contribution in [0.1, 0.15) is 28.5 Å². The molecule has 4 heteroatoms. The molecule has 1 aromatic heterocycles. The highest BCUT2D eigenvalue weighted by Gasteiger charge is 2.12. The number of anilines is 2. The third kappa shape index (κ3) is 5.41. The first-order valence-electron chi connectivity index (χ1n) is 11.0. The fourth-order valence-electron chi connectivity index (χ4n) is 3.60. The first-order valence-corrected chi connectivity index (χ1v) is 11.0. The number of carbonyl (C=O) groups excluding carboxylic acids is 1. The van der Waals surface area contributed by atoms with Gasteiger partial charge in [-0.3, -0.25) is 9.78 Å². The lowest BCUT2D eigenvalue weighted by atomic mass is 9.98. The topological polar surface area (TPSA) is 54.0 Å². The SMILES string of the molecule is CCc1ccc(-c2ccccc2C(=O)Nc2ccc(NCCc3ccccn3)cc2)cc1. The van der Waals surface area contributed by atoms with Gasteiger partial charge in [-0.1, -0.05) is 55.5 Å². The van der Waals surface area contributed by atoms with Gasteiger partial charge in [0.25, 0.3) is 5.91 Å². The molecule has 1 heterocycles. The maximum absolute atomic E-state index is 13.0. The predicted octanol–water partition coefficient (Wildman–Crippen LogP) is 6.22. The quantitative estimate of drug-likeness (QED) is 0.355. The van der Waals surface area contributed by atoms with Gasteiger partial charge in [0, 0.05) is 41.8 Å². The van der Waals surface area contributed by atoms with Gasteiger partial charge in [0.05, 0.1) is 0 Å². The van der Waals surface area contributed by atoms with Crippen molar-refractivity contribution in [2.75, 3.05) is 17.2 Å². The maximum atomic E-state index is 13.0. The molecule has 0 aliphatic rings. The predicted molar refractivity (Wildman–Crippen MR) is 132 cm³/mol. The second kappa shape index (κ2) is 10.4. The van der Waals surface area contributed by atoms with Crippen molar-refractivity contribution in [1.29, 1.82) is 0 Å². The van der Waals surface area contributed by atoms with Crippen LogP contribution < -0.4 is 10.6 Å². The van der Waals surface area contributed by atoms with Crippen LogP contribution in [0.3, 0.4) is 0 Å². The summed E-state index contributed by atoms with van der Waals surface area (Å²) in [6.07, 6.45) is 3.66. The summed E-state index contributed by atoms with van der Waals surface area (Å²) in [6, 6.07) is 29.8. The molecule has 0 fully saturated rings. The van der Waals surface area contributed by atoms with Gasteiger partial charge in [-0.15, -0.1) is 0 Å². The molecule has 0 atom stereocenters. The molecule has 4 aromatic rings. The Hall–Kier alpha value is -3.92. The second-order valence-corrected chi connectivity index (χ2v) is 7.63. The summed E-state index contributed by atoms with van der Waals surface area (Å²) in [7, 11) is 0. The van der Waals surface area contributed by atoms with E-state index in [-0.39, 0.29) is 5.91 Å². The molecule has 4 rings (SSSR count). The summed E-state index contributed by atoms with van der Waals surface area (Å²) >= 11 is 0. The monoisotopic (exact) mass is 421 g/mol. The fraction of sp³-hybridized carbons (Fsp3) is 0.143. The molecule has 0 saturated carbocycles. The Morgan fingerprint density at radius 3 is 2.25 bits per heavy atom. The number of nitrogens with one attached hydrogen (secondary N) is 2. The molecule has 0 saturated heterocycles. The van der Waals surface area contributed by atoms with E-state index < -0.39 is 0 Å². The van der Waals surface area contributed by atoms with Crippen LogP contribution in [0.25, 0.3) is 11.1 Å². The Morgan fingerprint density at radius 2 is 1.53 bits per heavy atom. The van der Waals surface area contributed by atoms with E-state index in [4.69, 9.17) is 0 Å². The number of nitrogens with zero attached hydrogens (tertiary/aromatic N) is 1. The van der Waals surface area contributed by atoms with E-state index in [2.05, 4.69) is 46.8 Å². The third-order valence-corrected chi connectivity index (χ3v) is 5.42. The van der Waals surface area contributed by atoms with Crippen molar-refractivity contribution in [3.63, 3.8) is 0 Å². The number of amides is 1. The van der Waals surface area contributed by atoms with Gasteiger partial charge < -0.3 is 10.6 Å². The summed E-state index contributed by atoms with van der Waals surface area (Å²) in [5.41, 5.74) is 6.75. The first-order chi connectivity index (χ1) is 15.7. The van der Waals surface area contributed by atoms with Crippen LogP contribution in [0.15, 0.2) is 97.2 Å². The zero-order valence-electron chi connectivity index (χ0n) is 18.2. The van der Waals surface area contributed by atoms with Crippen molar-refractivity contribution in [3.8, 4) is 11.1 Å². The molecule has 3 aromatic carbocycles. The van der Waals surface area contributed by atoms with Crippen LogP contribution in [0, 0.1) is 0 Å². The molecule has 0 radical (unpaired) electrons. The molecule has 0 spiro atoms. The van der Waals surface area contributed by atoms with Gasteiger partial charge in [-0.2, -0.15) is 0 Å². The number of rotatable bonds is 8. The molecule has 160 valence electrons. The average molecular weight is 422 g/mol. The van der Waals surface area contributed by atoms with Crippen molar-refractivity contribution in [2.24, 2.45) is 0 Å². The second-order valence-electron chi connectivity index (χ2n) is 7.63. The van der Waals surface area contributed by atoms with E-state index in [0.717, 1.165) is 47.6 Å². The smallest absolute Gasteiger partial charge is 0.256 e. The summed E-state index contributed by atoms with van der Waals surface area (Å²) in [4.78, 5) is 17.3. The Labute approximate surface area is 189 Å². The molecule has 0 aliphatic carbocycles. The van der Waals surface area contributed by atoms with Crippen LogP contribution in [-0.2, 0) is 12.8 Å². The Balaban J connectivity index is 1.39. The lowest BCUT2D eigenvalue weighted by Crippen LogP contribution is -2.13. The lowest BCUT2D eigenvalue weighted by molar-refractivity contribution is 0.102. The lowest BCUT2D eigenvalue weighted by Gasteiger charge is -2.12. The van der Waals surface area contributed by atoms with E-state index in [0.29, 0.717) is 5.56 Å². The van der Waals surface area contributed by atoms with E-state index in [1.54, 1.807) is 0 Å². The normalized spacial score (nSPS) is 10.5. The van der Waals surface area contributed by atoms with Gasteiger partial charge in [-0.25, -0.2) is 0 Å². The van der Waals surface area contributed by atoms with Crippen LogP contribution >= 0.6 is 0 Å². The number of benzene rings is 3. The molecular weight excluding hydrogens is 394 g/mol. The van der Waals surface area contributed by atoms with Gasteiger partial charge in [0.15, 0.2) is 0 Å². The van der Waals surface area contributed by atoms with Gasteiger partial charge >= 0.3 is 0 Å². The van der Waals surface area contributed by atoms with Crippen LogP contribution in [0.5, 0.6) is 0 Å². The van der Waals surface area contributed by atoms with Crippen molar-refractivity contribution >= 4 is 17.3 Å².